The Kier molecular flexibility index (Phi) is 6.47. The van der Waals surface area contributed by atoms with Crippen LogP contribution < -0.4 is 10.9 Å². The maximum Gasteiger partial charge on any atom is 0.268 e. The van der Waals surface area contributed by atoms with Gasteiger partial charge in [-0.25, -0.2) is 9.67 Å². The maximum absolute atomic E-state index is 13.6. The number of hydrogen-bond acceptors (Lipinski definition) is 5. The summed E-state index contributed by atoms with van der Waals surface area (Å²) in [4.78, 5) is 31.3. The van der Waals surface area contributed by atoms with E-state index in [1.54, 1.807) is 4.40 Å². The molecule has 0 aliphatic rings. The minimum atomic E-state index is -0.196. The van der Waals surface area contributed by atoms with Crippen LogP contribution in [0.5, 0.6) is 0 Å². The van der Waals surface area contributed by atoms with Crippen LogP contribution in [0.4, 0.5) is 0 Å². The Morgan fingerprint density at radius 3 is 2.70 bits per heavy atom. The zero-order chi connectivity index (χ0) is 23.7. The second-order valence-corrected chi connectivity index (χ2v) is 9.50. The van der Waals surface area contributed by atoms with Crippen LogP contribution in [-0.2, 0) is 17.6 Å². The SMILES string of the molecule is CCc1ccccc1-n1nc(-c2c(C)nc3scc(CC(=O)NCC(C)C)n3c2=O)cc1C. The molecule has 4 rings (SSSR count). The molecule has 0 unspecified atom stereocenters. The van der Waals surface area contributed by atoms with Crippen LogP contribution in [0.2, 0.25) is 0 Å². The normalized spacial score (nSPS) is 11.5. The Bertz CT molecular complexity index is 1380. The Labute approximate surface area is 197 Å². The van der Waals surface area contributed by atoms with Gasteiger partial charge in [-0.3, -0.25) is 14.0 Å². The lowest BCUT2D eigenvalue weighted by atomic mass is 10.1. The summed E-state index contributed by atoms with van der Waals surface area (Å²) >= 11 is 1.37. The second-order valence-electron chi connectivity index (χ2n) is 8.66. The van der Waals surface area contributed by atoms with E-state index in [9.17, 15) is 9.59 Å². The average molecular weight is 464 g/mol. The molecule has 8 heteroatoms. The molecule has 0 aliphatic heterocycles. The van der Waals surface area contributed by atoms with E-state index in [4.69, 9.17) is 5.10 Å². The largest absolute Gasteiger partial charge is 0.356 e. The van der Waals surface area contributed by atoms with E-state index < -0.39 is 0 Å². The van der Waals surface area contributed by atoms with E-state index in [0.717, 1.165) is 17.8 Å². The van der Waals surface area contributed by atoms with Gasteiger partial charge in [-0.05, 0) is 43.9 Å². The molecule has 1 N–H and O–H groups in total. The van der Waals surface area contributed by atoms with E-state index in [-0.39, 0.29) is 17.9 Å². The van der Waals surface area contributed by atoms with Crippen molar-refractivity contribution in [3.63, 3.8) is 0 Å². The molecule has 33 heavy (non-hydrogen) atoms. The molecule has 0 fully saturated rings. The van der Waals surface area contributed by atoms with Crippen LogP contribution >= 0.6 is 11.3 Å². The van der Waals surface area contributed by atoms with Crippen molar-refractivity contribution in [2.24, 2.45) is 5.92 Å². The summed E-state index contributed by atoms with van der Waals surface area (Å²) in [5.41, 5.74) is 5.26. The Balaban J connectivity index is 1.78. The van der Waals surface area contributed by atoms with Gasteiger partial charge in [0, 0.05) is 23.3 Å². The van der Waals surface area contributed by atoms with Gasteiger partial charge in [0.15, 0.2) is 4.96 Å². The first-order chi connectivity index (χ1) is 15.8. The summed E-state index contributed by atoms with van der Waals surface area (Å²) in [6.07, 6.45) is 1.02. The number of carbonyl (C=O) groups excluding carboxylic acids is 1. The van der Waals surface area contributed by atoms with Gasteiger partial charge in [0.25, 0.3) is 5.56 Å². The predicted molar refractivity (Wildman–Crippen MR) is 132 cm³/mol. The highest BCUT2D eigenvalue weighted by molar-refractivity contribution is 7.15. The fourth-order valence-electron chi connectivity index (χ4n) is 3.93. The van der Waals surface area contributed by atoms with E-state index in [2.05, 4.69) is 23.3 Å². The summed E-state index contributed by atoms with van der Waals surface area (Å²) in [6, 6.07) is 10.1. The maximum atomic E-state index is 13.6. The molecule has 3 aromatic heterocycles. The number of rotatable bonds is 7. The number of fused-ring (bicyclic) bond motifs is 1. The lowest BCUT2D eigenvalue weighted by Crippen LogP contribution is -2.30. The molecule has 1 amide bonds. The molecule has 1 aromatic carbocycles. The topological polar surface area (TPSA) is 81.3 Å². The van der Waals surface area contributed by atoms with Crippen molar-refractivity contribution in [1.82, 2.24) is 24.5 Å². The van der Waals surface area contributed by atoms with E-state index in [1.165, 1.54) is 16.9 Å². The minimum Gasteiger partial charge on any atom is -0.356 e. The molecule has 4 aromatic rings. The number of para-hydroxylation sites is 1. The zero-order valence-electron chi connectivity index (χ0n) is 19.7. The van der Waals surface area contributed by atoms with Crippen LogP contribution in [0.25, 0.3) is 21.9 Å². The monoisotopic (exact) mass is 463 g/mol. The van der Waals surface area contributed by atoms with Crippen molar-refractivity contribution in [1.29, 1.82) is 0 Å². The summed E-state index contributed by atoms with van der Waals surface area (Å²) in [5, 5.41) is 9.55. The van der Waals surface area contributed by atoms with Crippen LogP contribution in [0.15, 0.2) is 40.5 Å². The van der Waals surface area contributed by atoms with E-state index in [1.807, 2.05) is 62.0 Å². The third kappa shape index (κ3) is 4.48. The van der Waals surface area contributed by atoms with Gasteiger partial charge in [-0.1, -0.05) is 39.0 Å². The minimum absolute atomic E-state index is 0.103. The number of nitrogens with one attached hydrogen (secondary N) is 1. The molecule has 7 nitrogen and oxygen atoms in total. The Morgan fingerprint density at radius 2 is 1.97 bits per heavy atom. The lowest BCUT2D eigenvalue weighted by Gasteiger charge is -2.09. The van der Waals surface area contributed by atoms with Gasteiger partial charge in [0.1, 0.15) is 5.69 Å². The zero-order valence-corrected chi connectivity index (χ0v) is 20.5. The molecule has 0 radical (unpaired) electrons. The van der Waals surface area contributed by atoms with Gasteiger partial charge in [0.2, 0.25) is 5.91 Å². The van der Waals surface area contributed by atoms with Crippen molar-refractivity contribution >= 4 is 22.2 Å². The summed E-state index contributed by atoms with van der Waals surface area (Å²) in [6.45, 7) is 10.6. The first-order valence-corrected chi connectivity index (χ1v) is 12.1. The number of carbonyl (C=O) groups is 1. The van der Waals surface area contributed by atoms with Gasteiger partial charge >= 0.3 is 0 Å². The van der Waals surface area contributed by atoms with Crippen molar-refractivity contribution in [3.05, 3.63) is 68.7 Å². The highest BCUT2D eigenvalue weighted by Crippen LogP contribution is 2.24. The smallest absolute Gasteiger partial charge is 0.268 e. The number of hydrogen-bond donors (Lipinski definition) is 1. The van der Waals surface area contributed by atoms with Crippen molar-refractivity contribution in [2.45, 2.75) is 47.5 Å². The van der Waals surface area contributed by atoms with Crippen LogP contribution in [0, 0.1) is 19.8 Å². The highest BCUT2D eigenvalue weighted by Gasteiger charge is 2.20. The second kappa shape index (κ2) is 9.31. The number of thiazole rings is 1. The molecule has 0 bridgehead atoms. The number of benzene rings is 1. The summed E-state index contributed by atoms with van der Waals surface area (Å²) < 4.78 is 3.44. The number of aryl methyl sites for hydroxylation is 3. The van der Waals surface area contributed by atoms with Crippen LogP contribution in [-0.4, -0.2) is 31.6 Å². The lowest BCUT2D eigenvalue weighted by molar-refractivity contribution is -0.120. The van der Waals surface area contributed by atoms with Gasteiger partial charge in [0.05, 0.1) is 23.4 Å². The summed E-state index contributed by atoms with van der Waals surface area (Å²) in [5.74, 6) is 0.261. The Morgan fingerprint density at radius 1 is 1.21 bits per heavy atom. The number of aromatic nitrogens is 4. The van der Waals surface area contributed by atoms with E-state index in [0.29, 0.717) is 40.1 Å². The fourth-order valence-corrected chi connectivity index (χ4v) is 4.85. The molecule has 0 spiro atoms. The van der Waals surface area contributed by atoms with Gasteiger partial charge < -0.3 is 5.32 Å². The van der Waals surface area contributed by atoms with Crippen molar-refractivity contribution in [2.75, 3.05) is 6.54 Å². The predicted octanol–water partition coefficient (Wildman–Crippen LogP) is 4.10. The first kappa shape index (κ1) is 22.9. The number of nitrogens with zero attached hydrogens (tertiary/aromatic N) is 4. The van der Waals surface area contributed by atoms with E-state index >= 15 is 0 Å². The molecule has 3 heterocycles. The third-order valence-corrected chi connectivity index (χ3v) is 6.49. The van der Waals surface area contributed by atoms with Gasteiger partial charge in [-0.2, -0.15) is 5.10 Å². The Hall–Kier alpha value is -3.26. The molecule has 0 aliphatic carbocycles. The quantitative estimate of drug-likeness (QED) is 0.447. The molecule has 0 saturated heterocycles. The standard InChI is InChI=1S/C25H29N5O2S/c1-6-18-9-7-8-10-21(18)30-16(4)11-20(28-30)23-17(5)27-25-29(24(23)32)19(14-33-25)12-22(31)26-13-15(2)3/h7-11,14-15H,6,12-13H2,1-5H3,(H,26,31). The average Bonchev–Trinajstić information content (AvgIpc) is 3.35. The van der Waals surface area contributed by atoms with Crippen LogP contribution in [0.3, 0.4) is 0 Å². The third-order valence-electron chi connectivity index (χ3n) is 5.61. The molecule has 0 saturated carbocycles. The number of amides is 1. The van der Waals surface area contributed by atoms with Crippen molar-refractivity contribution < 1.29 is 4.79 Å². The van der Waals surface area contributed by atoms with Gasteiger partial charge in [-0.15, -0.1) is 11.3 Å². The fraction of sp³-hybridized carbons (Fsp3) is 0.360. The van der Waals surface area contributed by atoms with Crippen LogP contribution in [0.1, 0.15) is 43.4 Å². The molecule has 172 valence electrons. The molecular weight excluding hydrogens is 434 g/mol. The van der Waals surface area contributed by atoms with Crippen molar-refractivity contribution in [3.8, 4) is 16.9 Å². The highest BCUT2D eigenvalue weighted by atomic mass is 32.1. The summed E-state index contributed by atoms with van der Waals surface area (Å²) in [7, 11) is 0. The molecular formula is C25H29N5O2S. The molecule has 0 atom stereocenters. The first-order valence-electron chi connectivity index (χ1n) is 11.2.